The molecule has 2 nitrogen and oxygen atoms in total. The molecule has 0 fully saturated rings. The van der Waals surface area contributed by atoms with E-state index in [1.54, 1.807) is 6.26 Å². The highest BCUT2D eigenvalue weighted by atomic mass is 19.4. The van der Waals surface area contributed by atoms with E-state index in [0.29, 0.717) is 0 Å². The standard InChI is InChI=1S/C16H18F3NO/c1-11(10-15-4-3-9-21-15)20-12(2)13-5-7-14(8-6-13)16(17,18)19/h3-9,11-12,20H,10H2,1-2H3. The lowest BCUT2D eigenvalue weighted by atomic mass is 10.0. The largest absolute Gasteiger partial charge is 0.469 e. The molecule has 2 rings (SSSR count). The number of nitrogens with one attached hydrogen (secondary N) is 1. The third-order valence-corrected chi connectivity index (χ3v) is 3.36. The van der Waals surface area contributed by atoms with Crippen LogP contribution in [0.25, 0.3) is 0 Å². The summed E-state index contributed by atoms with van der Waals surface area (Å²) in [4.78, 5) is 0. The first-order chi connectivity index (χ1) is 9.86. The highest BCUT2D eigenvalue weighted by molar-refractivity contribution is 5.26. The van der Waals surface area contributed by atoms with Crippen LogP contribution in [0, 0.1) is 0 Å². The Hall–Kier alpha value is -1.75. The first-order valence-corrected chi connectivity index (χ1v) is 6.82. The minimum absolute atomic E-state index is 0.0303. The van der Waals surface area contributed by atoms with E-state index in [0.717, 1.165) is 29.9 Å². The van der Waals surface area contributed by atoms with Crippen LogP contribution in [-0.4, -0.2) is 6.04 Å². The van der Waals surface area contributed by atoms with Crippen LogP contribution in [0.4, 0.5) is 13.2 Å². The van der Waals surface area contributed by atoms with E-state index in [1.807, 2.05) is 26.0 Å². The predicted molar refractivity (Wildman–Crippen MR) is 74.9 cm³/mol. The lowest BCUT2D eigenvalue weighted by Crippen LogP contribution is -2.30. The van der Waals surface area contributed by atoms with Gasteiger partial charge in [-0.1, -0.05) is 12.1 Å². The maximum atomic E-state index is 12.5. The monoisotopic (exact) mass is 297 g/mol. The summed E-state index contributed by atoms with van der Waals surface area (Å²) in [5, 5.41) is 3.35. The van der Waals surface area contributed by atoms with Crippen molar-refractivity contribution in [2.45, 2.75) is 38.5 Å². The summed E-state index contributed by atoms with van der Waals surface area (Å²) in [5.41, 5.74) is 0.205. The Morgan fingerprint density at radius 1 is 1.10 bits per heavy atom. The number of furan rings is 1. The number of hydrogen-bond acceptors (Lipinski definition) is 2. The fourth-order valence-corrected chi connectivity index (χ4v) is 2.27. The van der Waals surface area contributed by atoms with Gasteiger partial charge in [-0.05, 0) is 43.7 Å². The number of benzene rings is 1. The van der Waals surface area contributed by atoms with Crippen molar-refractivity contribution in [1.29, 1.82) is 0 Å². The van der Waals surface area contributed by atoms with Gasteiger partial charge in [0, 0.05) is 18.5 Å². The average molecular weight is 297 g/mol. The third-order valence-electron chi connectivity index (χ3n) is 3.36. The number of halogens is 3. The zero-order valence-corrected chi connectivity index (χ0v) is 11.9. The smallest absolute Gasteiger partial charge is 0.416 e. The predicted octanol–water partition coefficient (Wildman–Crippen LogP) is 4.58. The summed E-state index contributed by atoms with van der Waals surface area (Å²) in [7, 11) is 0. The second kappa shape index (κ2) is 6.35. The van der Waals surface area contributed by atoms with Gasteiger partial charge in [-0.25, -0.2) is 0 Å². The first kappa shape index (κ1) is 15.6. The molecule has 1 N–H and O–H groups in total. The third kappa shape index (κ3) is 4.36. The van der Waals surface area contributed by atoms with E-state index < -0.39 is 11.7 Å². The van der Waals surface area contributed by atoms with Crippen LogP contribution in [0.15, 0.2) is 47.1 Å². The van der Waals surface area contributed by atoms with Gasteiger partial charge in [0.15, 0.2) is 0 Å². The molecule has 21 heavy (non-hydrogen) atoms. The Kier molecular flexibility index (Phi) is 4.73. The van der Waals surface area contributed by atoms with Crippen molar-refractivity contribution in [3.63, 3.8) is 0 Å². The number of rotatable bonds is 5. The molecule has 1 aromatic heterocycles. The van der Waals surface area contributed by atoms with Crippen LogP contribution in [0.2, 0.25) is 0 Å². The number of hydrogen-bond donors (Lipinski definition) is 1. The van der Waals surface area contributed by atoms with Gasteiger partial charge in [-0.15, -0.1) is 0 Å². The zero-order chi connectivity index (χ0) is 15.5. The summed E-state index contributed by atoms with van der Waals surface area (Å²) in [5.74, 6) is 0.884. The number of alkyl halides is 3. The highest BCUT2D eigenvalue weighted by Crippen LogP contribution is 2.29. The van der Waals surface area contributed by atoms with Crippen molar-refractivity contribution in [2.24, 2.45) is 0 Å². The van der Waals surface area contributed by atoms with Crippen molar-refractivity contribution in [2.75, 3.05) is 0 Å². The maximum Gasteiger partial charge on any atom is 0.416 e. The molecule has 5 heteroatoms. The quantitative estimate of drug-likeness (QED) is 0.874. The molecule has 0 amide bonds. The van der Waals surface area contributed by atoms with Crippen LogP contribution in [-0.2, 0) is 12.6 Å². The SMILES string of the molecule is CC(Cc1ccco1)NC(C)c1ccc(C(F)(F)F)cc1. The van der Waals surface area contributed by atoms with E-state index in [4.69, 9.17) is 4.42 Å². The Labute approximate surface area is 122 Å². The molecule has 0 aliphatic rings. The molecule has 0 radical (unpaired) electrons. The summed E-state index contributed by atoms with van der Waals surface area (Å²) in [6.45, 7) is 3.95. The summed E-state index contributed by atoms with van der Waals surface area (Å²) in [6, 6.07) is 9.13. The highest BCUT2D eigenvalue weighted by Gasteiger charge is 2.30. The van der Waals surface area contributed by atoms with Gasteiger partial charge in [0.25, 0.3) is 0 Å². The minimum atomic E-state index is -4.29. The molecule has 114 valence electrons. The van der Waals surface area contributed by atoms with E-state index >= 15 is 0 Å². The molecule has 2 unspecified atom stereocenters. The van der Waals surface area contributed by atoms with Gasteiger partial charge in [-0.3, -0.25) is 0 Å². The van der Waals surface area contributed by atoms with Crippen LogP contribution < -0.4 is 5.32 Å². The molecular weight excluding hydrogens is 279 g/mol. The maximum absolute atomic E-state index is 12.5. The zero-order valence-electron chi connectivity index (χ0n) is 11.9. The molecule has 0 aliphatic heterocycles. The van der Waals surface area contributed by atoms with Crippen molar-refractivity contribution in [1.82, 2.24) is 5.32 Å². The van der Waals surface area contributed by atoms with Crippen LogP contribution >= 0.6 is 0 Å². The molecule has 1 aromatic carbocycles. The van der Waals surface area contributed by atoms with Gasteiger partial charge < -0.3 is 9.73 Å². The Morgan fingerprint density at radius 3 is 2.29 bits per heavy atom. The lowest BCUT2D eigenvalue weighted by Gasteiger charge is -2.20. The topological polar surface area (TPSA) is 25.2 Å². The Morgan fingerprint density at radius 2 is 1.76 bits per heavy atom. The summed E-state index contributed by atoms with van der Waals surface area (Å²) < 4.78 is 42.8. The molecule has 0 saturated heterocycles. The molecular formula is C16H18F3NO. The first-order valence-electron chi connectivity index (χ1n) is 6.82. The van der Waals surface area contributed by atoms with Crippen LogP contribution in [0.5, 0.6) is 0 Å². The second-order valence-electron chi connectivity index (χ2n) is 5.19. The van der Waals surface area contributed by atoms with Crippen LogP contribution in [0.1, 0.15) is 36.8 Å². The molecule has 2 atom stereocenters. The summed E-state index contributed by atoms with van der Waals surface area (Å²) >= 11 is 0. The van der Waals surface area contributed by atoms with Gasteiger partial charge in [0.1, 0.15) is 5.76 Å². The average Bonchev–Trinajstić information content (AvgIpc) is 2.90. The fourth-order valence-electron chi connectivity index (χ4n) is 2.27. The van der Waals surface area contributed by atoms with E-state index in [-0.39, 0.29) is 12.1 Å². The molecule has 0 spiro atoms. The lowest BCUT2D eigenvalue weighted by molar-refractivity contribution is -0.137. The molecule has 0 aliphatic carbocycles. The van der Waals surface area contributed by atoms with Crippen molar-refractivity contribution in [3.05, 3.63) is 59.5 Å². The van der Waals surface area contributed by atoms with Crippen LogP contribution in [0.3, 0.4) is 0 Å². The van der Waals surface area contributed by atoms with Crippen molar-refractivity contribution >= 4 is 0 Å². The molecule has 2 aromatic rings. The normalized spacial score (nSPS) is 14.9. The van der Waals surface area contributed by atoms with E-state index in [1.165, 1.54) is 12.1 Å². The van der Waals surface area contributed by atoms with E-state index in [2.05, 4.69) is 5.32 Å². The minimum Gasteiger partial charge on any atom is -0.469 e. The van der Waals surface area contributed by atoms with Gasteiger partial charge in [-0.2, -0.15) is 13.2 Å². The molecule has 1 heterocycles. The van der Waals surface area contributed by atoms with Crippen molar-refractivity contribution < 1.29 is 17.6 Å². The van der Waals surface area contributed by atoms with Gasteiger partial charge in [0.05, 0.1) is 11.8 Å². The Bertz CT molecular complexity index is 546. The summed E-state index contributed by atoms with van der Waals surface area (Å²) in [6.07, 6.45) is -1.93. The fraction of sp³-hybridized carbons (Fsp3) is 0.375. The van der Waals surface area contributed by atoms with Gasteiger partial charge >= 0.3 is 6.18 Å². The van der Waals surface area contributed by atoms with E-state index in [9.17, 15) is 13.2 Å². The Balaban J connectivity index is 1.95. The van der Waals surface area contributed by atoms with Gasteiger partial charge in [0.2, 0.25) is 0 Å². The van der Waals surface area contributed by atoms with Crippen molar-refractivity contribution in [3.8, 4) is 0 Å². The molecule has 0 saturated carbocycles. The molecule has 0 bridgehead atoms. The second-order valence-corrected chi connectivity index (χ2v) is 5.19.